The predicted octanol–water partition coefficient (Wildman–Crippen LogP) is 3.74. The molecule has 1 rings (SSSR count). The van der Waals surface area contributed by atoms with Crippen LogP contribution in [-0.4, -0.2) is 24.7 Å². The highest BCUT2D eigenvalue weighted by Gasteiger charge is 2.20. The van der Waals surface area contributed by atoms with Gasteiger partial charge in [-0.2, -0.15) is 0 Å². The third-order valence-corrected chi connectivity index (χ3v) is 3.63. The predicted molar refractivity (Wildman–Crippen MR) is 84.9 cm³/mol. The number of unbranched alkanes of at least 4 members (excludes halogenated alkanes) is 2. The maximum absolute atomic E-state index is 12.2. The Morgan fingerprint density at radius 1 is 1.33 bits per heavy atom. The Labute approximate surface area is 127 Å². The first-order valence-corrected chi connectivity index (χ1v) is 7.55. The number of phenols is 1. The monoisotopic (exact) mass is 293 g/mol. The van der Waals surface area contributed by atoms with Gasteiger partial charge in [-0.1, -0.05) is 40.0 Å². The van der Waals surface area contributed by atoms with Crippen molar-refractivity contribution in [1.82, 2.24) is 5.32 Å². The minimum Gasteiger partial charge on any atom is -0.507 e. The van der Waals surface area contributed by atoms with Crippen molar-refractivity contribution in [1.29, 1.82) is 0 Å². The Morgan fingerprint density at radius 2 is 2.05 bits per heavy atom. The SMILES string of the molecule is CCCCCC(C)(C)CNC(=O)c1cc(OC)ccc1O. The minimum atomic E-state index is -0.269. The molecule has 118 valence electrons. The van der Waals surface area contributed by atoms with Crippen LogP contribution in [0, 0.1) is 5.41 Å². The summed E-state index contributed by atoms with van der Waals surface area (Å²) in [4.78, 5) is 12.2. The molecule has 4 nitrogen and oxygen atoms in total. The molecule has 0 atom stereocenters. The van der Waals surface area contributed by atoms with Gasteiger partial charge >= 0.3 is 0 Å². The molecule has 1 aromatic carbocycles. The van der Waals surface area contributed by atoms with E-state index in [1.54, 1.807) is 12.1 Å². The van der Waals surface area contributed by atoms with Crippen molar-refractivity contribution in [2.75, 3.05) is 13.7 Å². The van der Waals surface area contributed by atoms with E-state index < -0.39 is 0 Å². The van der Waals surface area contributed by atoms with Gasteiger partial charge in [0.05, 0.1) is 12.7 Å². The van der Waals surface area contributed by atoms with Gasteiger partial charge in [0, 0.05) is 6.54 Å². The molecule has 0 unspecified atom stereocenters. The van der Waals surface area contributed by atoms with Gasteiger partial charge < -0.3 is 15.2 Å². The molecule has 4 heteroatoms. The highest BCUT2D eigenvalue weighted by Crippen LogP contribution is 2.25. The summed E-state index contributed by atoms with van der Waals surface area (Å²) >= 11 is 0. The lowest BCUT2D eigenvalue weighted by Crippen LogP contribution is -2.34. The number of methoxy groups -OCH3 is 1. The fourth-order valence-electron chi connectivity index (χ4n) is 2.18. The highest BCUT2D eigenvalue weighted by molar-refractivity contribution is 5.97. The quantitative estimate of drug-likeness (QED) is 0.718. The molecule has 0 spiro atoms. The third-order valence-electron chi connectivity index (χ3n) is 3.63. The summed E-state index contributed by atoms with van der Waals surface area (Å²) < 4.78 is 5.08. The average molecular weight is 293 g/mol. The van der Waals surface area contributed by atoms with Gasteiger partial charge in [0.2, 0.25) is 0 Å². The summed E-state index contributed by atoms with van der Waals surface area (Å²) in [6.07, 6.45) is 4.66. The maximum Gasteiger partial charge on any atom is 0.255 e. The van der Waals surface area contributed by atoms with E-state index in [0.29, 0.717) is 12.3 Å². The minimum absolute atomic E-state index is 0.0305. The molecule has 0 saturated heterocycles. The van der Waals surface area contributed by atoms with Crippen molar-refractivity contribution in [3.63, 3.8) is 0 Å². The number of hydrogen-bond donors (Lipinski definition) is 2. The molecule has 0 aliphatic rings. The van der Waals surface area contributed by atoms with Crippen LogP contribution in [0.25, 0.3) is 0 Å². The van der Waals surface area contributed by atoms with E-state index in [9.17, 15) is 9.90 Å². The van der Waals surface area contributed by atoms with Gasteiger partial charge in [0.15, 0.2) is 0 Å². The molecular weight excluding hydrogens is 266 g/mol. The van der Waals surface area contributed by atoms with E-state index in [1.165, 1.54) is 32.4 Å². The number of nitrogens with one attached hydrogen (secondary N) is 1. The molecule has 0 radical (unpaired) electrons. The van der Waals surface area contributed by atoms with Crippen molar-refractivity contribution in [3.05, 3.63) is 23.8 Å². The number of amides is 1. The fourth-order valence-corrected chi connectivity index (χ4v) is 2.18. The van der Waals surface area contributed by atoms with Crippen LogP contribution in [-0.2, 0) is 0 Å². The topological polar surface area (TPSA) is 58.6 Å². The van der Waals surface area contributed by atoms with Crippen LogP contribution in [0.4, 0.5) is 0 Å². The molecule has 21 heavy (non-hydrogen) atoms. The molecule has 0 aliphatic carbocycles. The summed E-state index contributed by atoms with van der Waals surface area (Å²) in [6.45, 7) is 7.06. The molecular formula is C17H27NO3. The van der Waals surface area contributed by atoms with Crippen molar-refractivity contribution in [2.24, 2.45) is 5.41 Å². The van der Waals surface area contributed by atoms with E-state index in [1.807, 2.05) is 0 Å². The standard InChI is InChI=1S/C17H27NO3/c1-5-6-7-10-17(2,3)12-18-16(20)14-11-13(21-4)8-9-15(14)19/h8-9,11,19H,5-7,10,12H2,1-4H3,(H,18,20). The van der Waals surface area contributed by atoms with E-state index in [4.69, 9.17) is 4.74 Å². The number of carbonyl (C=O) groups excluding carboxylic acids is 1. The number of benzene rings is 1. The second-order valence-electron chi connectivity index (χ2n) is 6.19. The van der Waals surface area contributed by atoms with E-state index in [0.717, 1.165) is 6.42 Å². The van der Waals surface area contributed by atoms with Gasteiger partial charge in [-0.25, -0.2) is 0 Å². The zero-order valence-electron chi connectivity index (χ0n) is 13.5. The smallest absolute Gasteiger partial charge is 0.255 e. The molecule has 0 aliphatic heterocycles. The van der Waals surface area contributed by atoms with Gasteiger partial charge in [-0.3, -0.25) is 4.79 Å². The zero-order chi connectivity index (χ0) is 15.9. The maximum atomic E-state index is 12.2. The molecule has 1 amide bonds. The second kappa shape index (κ2) is 7.91. The van der Waals surface area contributed by atoms with E-state index in [2.05, 4.69) is 26.1 Å². The molecule has 0 fully saturated rings. The second-order valence-corrected chi connectivity index (χ2v) is 6.19. The number of aromatic hydroxyl groups is 1. The average Bonchev–Trinajstić information content (AvgIpc) is 2.45. The van der Waals surface area contributed by atoms with Gasteiger partial charge in [0.1, 0.15) is 11.5 Å². The Bertz CT molecular complexity index is 469. The first kappa shape index (κ1) is 17.3. The lowest BCUT2D eigenvalue weighted by atomic mass is 9.87. The Morgan fingerprint density at radius 3 is 2.67 bits per heavy atom. The molecule has 0 bridgehead atoms. The molecule has 1 aromatic rings. The van der Waals surface area contributed by atoms with Gasteiger partial charge in [-0.05, 0) is 30.0 Å². The number of phenolic OH excluding ortho intramolecular Hbond substituents is 1. The Hall–Kier alpha value is -1.71. The lowest BCUT2D eigenvalue weighted by molar-refractivity contribution is 0.0931. The Balaban J connectivity index is 2.61. The van der Waals surface area contributed by atoms with Crippen molar-refractivity contribution in [3.8, 4) is 11.5 Å². The number of carbonyl (C=O) groups is 1. The summed E-state index contributed by atoms with van der Waals surface area (Å²) in [5.41, 5.74) is 0.304. The zero-order valence-corrected chi connectivity index (χ0v) is 13.5. The number of hydrogen-bond acceptors (Lipinski definition) is 3. The van der Waals surface area contributed by atoms with E-state index >= 15 is 0 Å². The summed E-state index contributed by atoms with van der Waals surface area (Å²) in [5, 5.41) is 12.7. The van der Waals surface area contributed by atoms with Crippen molar-refractivity contribution < 1.29 is 14.6 Å². The van der Waals surface area contributed by atoms with Crippen LogP contribution in [0.2, 0.25) is 0 Å². The normalized spacial score (nSPS) is 11.2. The Kier molecular flexibility index (Phi) is 6.53. The summed E-state index contributed by atoms with van der Waals surface area (Å²) in [6, 6.07) is 4.65. The first-order valence-electron chi connectivity index (χ1n) is 7.55. The molecule has 2 N–H and O–H groups in total. The lowest BCUT2D eigenvalue weighted by Gasteiger charge is -2.25. The molecule has 0 heterocycles. The van der Waals surface area contributed by atoms with Crippen LogP contribution in [0.5, 0.6) is 11.5 Å². The van der Waals surface area contributed by atoms with Crippen molar-refractivity contribution in [2.45, 2.75) is 46.5 Å². The van der Waals surface area contributed by atoms with Crippen LogP contribution in [0.3, 0.4) is 0 Å². The van der Waals surface area contributed by atoms with Crippen LogP contribution in [0.15, 0.2) is 18.2 Å². The van der Waals surface area contributed by atoms with Crippen LogP contribution in [0.1, 0.15) is 56.8 Å². The first-order chi connectivity index (χ1) is 9.89. The van der Waals surface area contributed by atoms with Crippen LogP contribution >= 0.6 is 0 Å². The van der Waals surface area contributed by atoms with Gasteiger partial charge in [-0.15, -0.1) is 0 Å². The highest BCUT2D eigenvalue weighted by atomic mass is 16.5. The summed E-state index contributed by atoms with van der Waals surface area (Å²) in [7, 11) is 1.53. The fraction of sp³-hybridized carbons (Fsp3) is 0.588. The van der Waals surface area contributed by atoms with Crippen molar-refractivity contribution >= 4 is 5.91 Å². The molecule has 0 aromatic heterocycles. The van der Waals surface area contributed by atoms with Gasteiger partial charge in [0.25, 0.3) is 5.91 Å². The number of ether oxygens (including phenoxy) is 1. The van der Waals surface area contributed by atoms with E-state index in [-0.39, 0.29) is 22.6 Å². The molecule has 0 saturated carbocycles. The summed E-state index contributed by atoms with van der Waals surface area (Å²) in [5.74, 6) is 0.257. The number of rotatable bonds is 8. The third kappa shape index (κ3) is 5.66. The van der Waals surface area contributed by atoms with Crippen LogP contribution < -0.4 is 10.1 Å². The largest absolute Gasteiger partial charge is 0.507 e.